The van der Waals surface area contributed by atoms with Gasteiger partial charge in [0.1, 0.15) is 0 Å². The van der Waals surface area contributed by atoms with Crippen molar-refractivity contribution in [1.29, 1.82) is 0 Å². The van der Waals surface area contributed by atoms with Gasteiger partial charge in [0.15, 0.2) is 0 Å². The van der Waals surface area contributed by atoms with Gasteiger partial charge in [-0.1, -0.05) is 0 Å². The summed E-state index contributed by atoms with van der Waals surface area (Å²) in [5.41, 5.74) is 0. The second kappa shape index (κ2) is 2.54. The molecule has 0 heterocycles. The molecule has 4 heteroatoms. The molecule has 0 bridgehead atoms. The van der Waals surface area contributed by atoms with Crippen LogP contribution >= 0.6 is 0 Å². The molecule has 0 N–H and O–H groups in total. The predicted octanol–water partition coefficient (Wildman–Crippen LogP) is 0.920. The third-order valence-corrected chi connectivity index (χ3v) is 0. The molecule has 0 saturated carbocycles. The van der Waals surface area contributed by atoms with Crippen molar-refractivity contribution in [3.63, 3.8) is 0 Å². The van der Waals surface area contributed by atoms with E-state index in [1.165, 1.54) is 0 Å². The zero-order valence-corrected chi connectivity index (χ0v) is 2.63. The molecule has 0 unspecified atom stereocenters. The van der Waals surface area contributed by atoms with Crippen LogP contribution in [0.1, 0.15) is 6.92 Å². The molecule has 0 aromatic carbocycles. The Morgan fingerprint density at radius 1 is 1.17 bits per heavy atom. The monoisotopic (exact) mass is 92.0 g/mol. The summed E-state index contributed by atoms with van der Waals surface area (Å²) in [4.78, 5) is 0. The summed E-state index contributed by atoms with van der Waals surface area (Å²) in [7, 11) is 0. The summed E-state index contributed by atoms with van der Waals surface area (Å²) in [6.07, 6.45) is -4.00. The number of alkyl halides is 3. The van der Waals surface area contributed by atoms with Gasteiger partial charge in [-0.2, -0.15) is 13.2 Å². The van der Waals surface area contributed by atoms with E-state index >= 15 is 0 Å². The first kappa shape index (κ1) is 9.63. The van der Waals surface area contributed by atoms with Gasteiger partial charge in [-0.05, 0) is 0 Å². The van der Waals surface area contributed by atoms with Crippen molar-refractivity contribution in [1.82, 2.24) is 0 Å². The summed E-state index contributed by atoms with van der Waals surface area (Å²) in [5, 5.41) is 0. The normalized spacial score (nSPS) is 10.0. The molecule has 0 atom stereocenters. The van der Waals surface area contributed by atoms with Crippen LogP contribution in [0.25, 0.3) is 0 Å². The van der Waals surface area contributed by atoms with Gasteiger partial charge in [-0.3, -0.25) is 0 Å². The Kier molecular flexibility index (Phi) is 4.08. The predicted molar refractivity (Wildman–Crippen MR) is 18.9 cm³/mol. The van der Waals surface area contributed by atoms with Crippen molar-refractivity contribution in [3.05, 3.63) is 0 Å². The first-order valence-corrected chi connectivity index (χ1v) is 1.07. The molecule has 0 aliphatic heterocycles. The molecule has 34 valence electrons. The number of hydrogen-bond acceptors (Lipinski definition) is 0. The van der Waals surface area contributed by atoms with Crippen molar-refractivity contribution in [2.45, 2.75) is 13.1 Å². The van der Waals surface area contributed by atoms with Gasteiger partial charge in [0, 0.05) is 6.92 Å². The van der Waals surface area contributed by atoms with E-state index in [-0.39, 0.29) is 25.8 Å². The summed E-state index contributed by atoms with van der Waals surface area (Å²) < 4.78 is 31.1. The third kappa shape index (κ3) is 335. The fraction of sp³-hybridized carbons (Fsp3) is 1.00. The molecule has 0 amide bonds. The Morgan fingerprint density at radius 3 is 1.17 bits per heavy atom. The maximum absolute atomic E-state index is 10.4. The van der Waals surface area contributed by atoms with Crippen molar-refractivity contribution >= 4 is 18.9 Å². The quantitative estimate of drug-likeness (QED) is 0.390. The van der Waals surface area contributed by atoms with Gasteiger partial charge in [0.2, 0.25) is 0 Å². The fourth-order valence-corrected chi connectivity index (χ4v) is 0. The number of halogens is 3. The molecule has 0 nitrogen and oxygen atoms in total. The molecular formula is C2H4F3Li. The Morgan fingerprint density at radius 2 is 1.17 bits per heavy atom. The number of hydrogen-bond donors (Lipinski definition) is 0. The summed E-state index contributed by atoms with van der Waals surface area (Å²) in [6, 6.07) is 0. The topological polar surface area (TPSA) is 0 Å². The van der Waals surface area contributed by atoms with E-state index in [9.17, 15) is 13.2 Å². The van der Waals surface area contributed by atoms with Crippen LogP contribution in [0.15, 0.2) is 0 Å². The van der Waals surface area contributed by atoms with Crippen LogP contribution in [0, 0.1) is 0 Å². The standard InChI is InChI=1S/C2H3F3.Li.H/c1-2(3,4)5;;/h1H3;;. The van der Waals surface area contributed by atoms with Crippen molar-refractivity contribution in [2.24, 2.45) is 0 Å². The van der Waals surface area contributed by atoms with Gasteiger partial charge in [0.05, 0.1) is 0 Å². The summed E-state index contributed by atoms with van der Waals surface area (Å²) in [6.45, 7) is 0.188. The SMILES string of the molecule is CC(F)(F)F.[LiH]. The zero-order valence-electron chi connectivity index (χ0n) is 2.63. The van der Waals surface area contributed by atoms with E-state index in [0.717, 1.165) is 0 Å². The van der Waals surface area contributed by atoms with E-state index in [1.54, 1.807) is 0 Å². The summed E-state index contributed by atoms with van der Waals surface area (Å²) >= 11 is 0. The van der Waals surface area contributed by atoms with Gasteiger partial charge in [-0.15, -0.1) is 0 Å². The average molecular weight is 92.0 g/mol. The van der Waals surface area contributed by atoms with Crippen LogP contribution in [0.2, 0.25) is 0 Å². The maximum atomic E-state index is 10.4. The second-order valence-electron chi connectivity index (χ2n) is 0.781. The Labute approximate surface area is 45.9 Å². The molecule has 0 aromatic heterocycles. The molecule has 0 radical (unpaired) electrons. The van der Waals surface area contributed by atoms with Crippen LogP contribution in [0.3, 0.4) is 0 Å². The van der Waals surface area contributed by atoms with Gasteiger partial charge in [-0.25, -0.2) is 0 Å². The van der Waals surface area contributed by atoms with E-state index in [4.69, 9.17) is 0 Å². The summed E-state index contributed by atoms with van der Waals surface area (Å²) in [5.74, 6) is 0. The Balaban J connectivity index is 0. The Hall–Kier alpha value is 0.387. The van der Waals surface area contributed by atoms with E-state index in [0.29, 0.717) is 0 Å². The molecule has 0 aliphatic rings. The van der Waals surface area contributed by atoms with Crippen molar-refractivity contribution < 1.29 is 13.2 Å². The minimum absolute atomic E-state index is 0. The molecule has 0 saturated heterocycles. The van der Waals surface area contributed by atoms with Crippen LogP contribution < -0.4 is 0 Å². The molecule has 0 fully saturated rings. The van der Waals surface area contributed by atoms with Crippen LogP contribution in [0.5, 0.6) is 0 Å². The van der Waals surface area contributed by atoms with Crippen LogP contribution in [0.4, 0.5) is 13.2 Å². The number of rotatable bonds is 0. The van der Waals surface area contributed by atoms with Gasteiger partial charge in [0.25, 0.3) is 0 Å². The minimum atomic E-state index is -4.00. The molecule has 0 rings (SSSR count). The van der Waals surface area contributed by atoms with E-state index in [1.807, 2.05) is 0 Å². The van der Waals surface area contributed by atoms with Gasteiger partial charge < -0.3 is 0 Å². The Bertz CT molecular complexity index is 24.3. The van der Waals surface area contributed by atoms with E-state index in [2.05, 4.69) is 0 Å². The molecule has 0 spiro atoms. The van der Waals surface area contributed by atoms with Gasteiger partial charge >= 0.3 is 25.0 Å². The van der Waals surface area contributed by atoms with Crippen molar-refractivity contribution in [2.75, 3.05) is 0 Å². The molecule has 6 heavy (non-hydrogen) atoms. The van der Waals surface area contributed by atoms with E-state index < -0.39 is 6.18 Å². The van der Waals surface area contributed by atoms with Crippen LogP contribution in [-0.4, -0.2) is 25.0 Å². The molecular weight excluding hydrogens is 88.0 g/mol. The van der Waals surface area contributed by atoms with Crippen LogP contribution in [-0.2, 0) is 0 Å². The third-order valence-electron chi connectivity index (χ3n) is 0. The average Bonchev–Trinajstić information content (AvgIpc) is 0.722. The second-order valence-corrected chi connectivity index (χ2v) is 0.781. The first-order chi connectivity index (χ1) is 2.00. The molecule has 0 aromatic rings. The fourth-order valence-electron chi connectivity index (χ4n) is 0. The zero-order chi connectivity index (χ0) is 4.50. The molecule has 0 aliphatic carbocycles. The first-order valence-electron chi connectivity index (χ1n) is 1.07. The van der Waals surface area contributed by atoms with Crippen molar-refractivity contribution in [3.8, 4) is 0 Å².